The molecule has 16 heteroatoms. The summed E-state index contributed by atoms with van der Waals surface area (Å²) >= 11 is 1.34. The molecule has 4 heterocycles. The van der Waals surface area contributed by atoms with Gasteiger partial charge in [-0.2, -0.15) is 4.31 Å². The predicted molar refractivity (Wildman–Crippen MR) is 149 cm³/mol. The molecule has 0 spiro atoms. The fourth-order valence-corrected chi connectivity index (χ4v) is 6.95. The summed E-state index contributed by atoms with van der Waals surface area (Å²) in [5.41, 5.74) is 1.63. The number of carbonyl (C=O) groups excluding carboxylic acids is 2. The molecule has 0 radical (unpaired) electrons. The minimum absolute atomic E-state index is 0.00234. The van der Waals surface area contributed by atoms with Gasteiger partial charge in [0.05, 0.1) is 34.5 Å². The van der Waals surface area contributed by atoms with Gasteiger partial charge in [0.2, 0.25) is 21.5 Å². The third kappa shape index (κ3) is 6.21. The smallest absolute Gasteiger partial charge is 0.339 e. The van der Waals surface area contributed by atoms with Crippen molar-refractivity contribution in [2.24, 2.45) is 0 Å². The highest BCUT2D eigenvalue weighted by atomic mass is 32.2. The van der Waals surface area contributed by atoms with Crippen molar-refractivity contribution in [3.05, 3.63) is 52.7 Å². The molecule has 2 saturated heterocycles. The Labute approximate surface area is 246 Å². The van der Waals surface area contributed by atoms with E-state index in [9.17, 15) is 27.9 Å². The van der Waals surface area contributed by atoms with E-state index < -0.39 is 45.6 Å². The first kappa shape index (κ1) is 29.8. The second-order valence-corrected chi connectivity index (χ2v) is 12.8. The van der Waals surface area contributed by atoms with Crippen molar-refractivity contribution in [2.45, 2.75) is 68.2 Å². The van der Waals surface area contributed by atoms with E-state index in [4.69, 9.17) is 4.74 Å². The standard InChI is InChI=1S/C26H31N7O7S2/c1-2-26(25(36)37)22(40-26)24(35)29-21(12-17-15-41-16-28-17)23(34)27-13-18-14-33(31-30-18)19-6-8-20(9-7-19)42(38,39)32-10-4-3-5-11-32/h6-9,14-16,21-22H,2-5,10-13H2,1H3,(H,27,34)(H,29,35)(H,36,37)/t21-,22+,26-/m0/s1. The fourth-order valence-electron chi connectivity index (χ4n) is 4.86. The largest absolute Gasteiger partial charge is 0.479 e. The lowest BCUT2D eigenvalue weighted by atomic mass is 10.0. The lowest BCUT2D eigenvalue weighted by molar-refractivity contribution is -0.143. The molecule has 0 bridgehead atoms. The van der Waals surface area contributed by atoms with E-state index in [1.807, 2.05) is 0 Å². The van der Waals surface area contributed by atoms with Gasteiger partial charge in [-0.05, 0) is 43.5 Å². The molecule has 3 aromatic rings. The Balaban J connectivity index is 1.21. The number of carboxylic acids is 1. The molecule has 5 rings (SSSR count). The van der Waals surface area contributed by atoms with Crippen LogP contribution in [-0.4, -0.2) is 86.4 Å². The zero-order valence-electron chi connectivity index (χ0n) is 22.8. The van der Waals surface area contributed by atoms with Gasteiger partial charge in [0.1, 0.15) is 11.7 Å². The minimum Gasteiger partial charge on any atom is -0.479 e. The third-order valence-electron chi connectivity index (χ3n) is 7.39. The number of benzene rings is 1. The van der Waals surface area contributed by atoms with Crippen LogP contribution in [0.2, 0.25) is 0 Å². The maximum Gasteiger partial charge on any atom is 0.339 e. The Hall–Kier alpha value is -3.73. The van der Waals surface area contributed by atoms with Crippen LogP contribution in [0.15, 0.2) is 46.2 Å². The monoisotopic (exact) mass is 617 g/mol. The van der Waals surface area contributed by atoms with E-state index in [2.05, 4.69) is 25.9 Å². The summed E-state index contributed by atoms with van der Waals surface area (Å²) in [5, 5.41) is 24.7. The SMILES string of the molecule is CC[C@]1(C(=O)O)O[C@@H]1C(=O)N[C@@H](Cc1cscn1)C(=O)NCc1cn(-c2ccc(S(=O)(=O)N3CCCCC3)cc2)nn1. The number of ether oxygens (including phenoxy) is 1. The van der Waals surface area contributed by atoms with Crippen molar-refractivity contribution in [1.82, 2.24) is 34.9 Å². The molecule has 2 amide bonds. The van der Waals surface area contributed by atoms with Crippen LogP contribution in [0.4, 0.5) is 0 Å². The number of aliphatic carboxylic acids is 1. The van der Waals surface area contributed by atoms with Crippen LogP contribution in [0.25, 0.3) is 5.69 Å². The molecule has 2 aliphatic heterocycles. The summed E-state index contributed by atoms with van der Waals surface area (Å²) in [7, 11) is -3.55. The number of nitrogens with one attached hydrogen (secondary N) is 2. The highest BCUT2D eigenvalue weighted by Gasteiger charge is 2.65. The second-order valence-electron chi connectivity index (χ2n) is 10.1. The van der Waals surface area contributed by atoms with E-state index in [1.54, 1.807) is 36.1 Å². The summed E-state index contributed by atoms with van der Waals surface area (Å²) in [5.74, 6) is -2.44. The van der Waals surface area contributed by atoms with Crippen LogP contribution in [0.5, 0.6) is 0 Å². The van der Waals surface area contributed by atoms with Crippen LogP contribution in [0.1, 0.15) is 44.0 Å². The number of carboxylic acid groups (broad SMARTS) is 1. The van der Waals surface area contributed by atoms with E-state index in [0.717, 1.165) is 19.3 Å². The lowest BCUT2D eigenvalue weighted by Crippen LogP contribution is -2.50. The number of nitrogens with zero attached hydrogens (tertiary/aromatic N) is 5. The third-order valence-corrected chi connectivity index (χ3v) is 9.94. The predicted octanol–water partition coefficient (Wildman–Crippen LogP) is 0.874. The van der Waals surface area contributed by atoms with Crippen molar-refractivity contribution in [3.63, 3.8) is 0 Å². The molecule has 224 valence electrons. The number of hydrogen-bond donors (Lipinski definition) is 3. The Bertz CT molecular complexity index is 1540. The van der Waals surface area contributed by atoms with Gasteiger partial charge in [-0.1, -0.05) is 18.6 Å². The number of aromatic nitrogens is 4. The Morgan fingerprint density at radius 3 is 2.52 bits per heavy atom. The van der Waals surface area contributed by atoms with Crippen LogP contribution in [0, 0.1) is 0 Å². The maximum absolute atomic E-state index is 13.1. The molecule has 0 aliphatic carbocycles. The Morgan fingerprint density at radius 1 is 1.17 bits per heavy atom. The number of amides is 2. The molecule has 3 atom stereocenters. The topological polar surface area (TPSA) is 189 Å². The number of rotatable bonds is 12. The molecule has 2 fully saturated rings. The molecule has 3 N–H and O–H groups in total. The van der Waals surface area contributed by atoms with Crippen molar-refractivity contribution in [1.29, 1.82) is 0 Å². The van der Waals surface area contributed by atoms with Gasteiger partial charge < -0.3 is 20.5 Å². The zero-order valence-corrected chi connectivity index (χ0v) is 24.4. The van der Waals surface area contributed by atoms with Crippen molar-refractivity contribution >= 4 is 39.1 Å². The number of epoxide rings is 1. The first-order valence-corrected chi connectivity index (χ1v) is 15.9. The highest BCUT2D eigenvalue weighted by Crippen LogP contribution is 2.40. The van der Waals surface area contributed by atoms with Crippen molar-refractivity contribution in [3.8, 4) is 5.69 Å². The van der Waals surface area contributed by atoms with Crippen molar-refractivity contribution < 1.29 is 32.6 Å². The summed E-state index contributed by atoms with van der Waals surface area (Å²) in [6.45, 7) is 2.65. The summed E-state index contributed by atoms with van der Waals surface area (Å²) in [6, 6.07) is 5.32. The number of hydrogen-bond acceptors (Lipinski definition) is 10. The molecule has 42 heavy (non-hydrogen) atoms. The average Bonchev–Trinajstić information content (AvgIpc) is 3.27. The van der Waals surface area contributed by atoms with Crippen molar-refractivity contribution in [2.75, 3.05) is 13.1 Å². The average molecular weight is 618 g/mol. The van der Waals surface area contributed by atoms with Crippen LogP contribution >= 0.6 is 11.3 Å². The summed E-state index contributed by atoms with van der Waals surface area (Å²) in [6.07, 6.45) is 3.35. The van der Waals surface area contributed by atoms with E-state index in [0.29, 0.717) is 30.2 Å². The van der Waals surface area contributed by atoms with Gasteiger partial charge in [-0.15, -0.1) is 16.4 Å². The first-order valence-electron chi connectivity index (χ1n) is 13.5. The summed E-state index contributed by atoms with van der Waals surface area (Å²) in [4.78, 5) is 41.8. The molecule has 0 saturated carbocycles. The minimum atomic E-state index is -3.55. The van der Waals surface area contributed by atoms with Gasteiger partial charge in [-0.25, -0.2) is 22.9 Å². The number of thiazole rings is 1. The molecule has 14 nitrogen and oxygen atoms in total. The number of piperidine rings is 1. The second kappa shape index (κ2) is 12.2. The van der Waals surface area contributed by atoms with Gasteiger partial charge >= 0.3 is 5.97 Å². The molecular formula is C26H31N7O7S2. The zero-order chi connectivity index (χ0) is 29.9. The van der Waals surface area contributed by atoms with E-state index in [1.165, 1.54) is 32.5 Å². The van der Waals surface area contributed by atoms with Gasteiger partial charge in [-0.3, -0.25) is 9.59 Å². The normalized spacial score (nSPS) is 21.4. The lowest BCUT2D eigenvalue weighted by Gasteiger charge is -2.25. The Kier molecular flexibility index (Phi) is 8.68. The maximum atomic E-state index is 13.1. The van der Waals surface area contributed by atoms with Crippen LogP contribution < -0.4 is 10.6 Å². The summed E-state index contributed by atoms with van der Waals surface area (Å²) < 4.78 is 34.0. The molecule has 2 aliphatic rings. The molecule has 2 aromatic heterocycles. The first-order chi connectivity index (χ1) is 20.1. The fraction of sp³-hybridized carbons (Fsp3) is 0.462. The van der Waals surface area contributed by atoms with Crippen LogP contribution in [-0.2, 0) is 42.1 Å². The molecule has 0 unspecified atom stereocenters. The van der Waals surface area contributed by atoms with E-state index >= 15 is 0 Å². The van der Waals surface area contributed by atoms with Gasteiger partial charge in [0.15, 0.2) is 6.10 Å². The van der Waals surface area contributed by atoms with Gasteiger partial charge in [0, 0.05) is 24.9 Å². The molecular weight excluding hydrogens is 586 g/mol. The van der Waals surface area contributed by atoms with E-state index in [-0.39, 0.29) is 24.3 Å². The van der Waals surface area contributed by atoms with Crippen LogP contribution in [0.3, 0.4) is 0 Å². The number of carbonyl (C=O) groups is 3. The van der Waals surface area contributed by atoms with Gasteiger partial charge in [0.25, 0.3) is 5.91 Å². The number of sulfonamides is 1. The molecule has 1 aromatic carbocycles. The quantitative estimate of drug-likeness (QED) is 0.246. The highest BCUT2D eigenvalue weighted by molar-refractivity contribution is 7.89. The Morgan fingerprint density at radius 2 is 1.90 bits per heavy atom.